The van der Waals surface area contributed by atoms with Crippen LogP contribution >= 0.6 is 43.2 Å². The first-order valence-electron chi connectivity index (χ1n) is 29.8. The van der Waals surface area contributed by atoms with E-state index in [1.807, 2.05) is 42.0 Å². The van der Waals surface area contributed by atoms with Crippen molar-refractivity contribution >= 4 is 54.7 Å². The molecule has 5 aromatic rings. The van der Waals surface area contributed by atoms with E-state index in [1.165, 1.54) is 11.1 Å². The SMILES string of the molecule is CC1(O)CCCC2C3Cc4ccccc4C(CO)C2CSSC2C=CC(CC3C1)C13C=CC(=O)CCc4ccc(O)c(c4)OCCc4ccc(O)c(c4)C4CC(=O)c5cc[nH]c5CC#Cc5cc(C(N)N)c(cc54)CSSCC(C1)C2(O)C3. The maximum atomic E-state index is 14.5. The predicted molar refractivity (Wildman–Crippen MR) is 336 cm³/mol. The van der Waals surface area contributed by atoms with Crippen LogP contribution in [0.4, 0.5) is 0 Å². The Labute approximate surface area is 503 Å². The van der Waals surface area contributed by atoms with Crippen molar-refractivity contribution in [3.63, 3.8) is 0 Å². The van der Waals surface area contributed by atoms with E-state index in [4.69, 9.17) is 16.2 Å². The summed E-state index contributed by atoms with van der Waals surface area (Å²) in [6.45, 7) is 2.30. The number of nitrogens with one attached hydrogen (secondary N) is 1. The molecule has 10 N–H and O–H groups in total. The number of fused-ring (bicyclic) bond motifs is 14. The molecule has 2 aliphatic heterocycles. The zero-order valence-electron chi connectivity index (χ0n) is 47.1. The molecule has 11 nitrogen and oxygen atoms in total. The number of hydrogen-bond donors (Lipinski definition) is 8. The lowest BCUT2D eigenvalue weighted by molar-refractivity contribution is -0.114. The van der Waals surface area contributed by atoms with Gasteiger partial charge in [0.15, 0.2) is 23.1 Å². The molecule has 12 unspecified atom stereocenters. The number of nitrogens with two attached hydrogens (primary N) is 2. The molecule has 4 aromatic carbocycles. The van der Waals surface area contributed by atoms with Crippen molar-refractivity contribution in [1.29, 1.82) is 0 Å². The highest BCUT2D eigenvalue weighted by Crippen LogP contribution is 2.64. The van der Waals surface area contributed by atoms with Gasteiger partial charge in [-0.25, -0.2) is 0 Å². The average molecular weight is 1190 g/mol. The van der Waals surface area contributed by atoms with Crippen LogP contribution in [0.5, 0.6) is 17.2 Å². The Morgan fingerprint density at radius 3 is 2.51 bits per heavy atom. The molecule has 5 aliphatic carbocycles. The number of carbonyl (C=O) groups excluding carboxylic acids is 2. The number of ketones is 2. The lowest BCUT2D eigenvalue weighted by atomic mass is 9.61. The van der Waals surface area contributed by atoms with Crippen LogP contribution in [0.2, 0.25) is 0 Å². The third-order valence-corrected chi connectivity index (χ3v) is 25.3. The number of aliphatic hydroxyl groups is 3. The molecule has 2 saturated carbocycles. The van der Waals surface area contributed by atoms with Gasteiger partial charge in [-0.2, -0.15) is 0 Å². The summed E-state index contributed by atoms with van der Waals surface area (Å²) in [5.74, 6) is 9.05. The van der Waals surface area contributed by atoms with E-state index in [0.29, 0.717) is 78.4 Å². The highest BCUT2D eigenvalue weighted by atomic mass is 33.1. The van der Waals surface area contributed by atoms with Crippen LogP contribution in [0.1, 0.15) is 149 Å². The topological polar surface area (TPSA) is 212 Å². The summed E-state index contributed by atoms with van der Waals surface area (Å²) in [6.07, 6.45) is 17.2. The first-order valence-corrected chi connectivity index (χ1v) is 34.6. The summed E-state index contributed by atoms with van der Waals surface area (Å²) >= 11 is 0. The van der Waals surface area contributed by atoms with Crippen molar-refractivity contribution < 1.29 is 39.9 Å². The van der Waals surface area contributed by atoms with E-state index in [1.54, 1.807) is 68.9 Å². The standard InChI is InChI=1S/C68H77N3O8S4/c1-66(77)22-5-9-50-53-29-42-6-2-3-8-49(42)57(35-72)58(50)38-82-83-64-18-14-46(28-44(53)33-66)67-23-19-48(73)15-11-40-13-17-61(75)63(27-40)79-25-21-41-12-16-60(74)56(26-41)55-32-62(76)51-20-24-71-59(51)10-4-7-43-30-54(65(69)70)45(31-52(43)55)36-80-81-37-47(34-67)68(64,78)39-67/h2-3,6,8,12-14,16-20,23-24,26-27,30-31,44,46-47,50,53,55,57-58,64-65,71-72,74-75,77-78H,5,9-11,15,21-22,25,28-29,32-39,69-70H2,1H3. The molecule has 436 valence electrons. The molecule has 1 aromatic heterocycles. The predicted octanol–water partition coefficient (Wildman–Crippen LogP) is 11.8. The second kappa shape index (κ2) is 24.5. The second-order valence-corrected chi connectivity index (χ2v) is 30.3. The number of rotatable bonds is 2. The second-order valence-electron chi connectivity index (χ2n) is 25.2. The number of carbonyl (C=O) groups is 2. The molecule has 3 heterocycles. The smallest absolute Gasteiger partial charge is 0.165 e. The number of aromatic nitrogens is 1. The number of aliphatic hydroxyl groups excluding tert-OH is 1. The summed E-state index contributed by atoms with van der Waals surface area (Å²) in [7, 11) is 7.01. The molecule has 15 bridgehead atoms. The fourth-order valence-corrected chi connectivity index (χ4v) is 21.6. The van der Waals surface area contributed by atoms with Crippen LogP contribution in [0.15, 0.2) is 109 Å². The Hall–Kier alpha value is -4.86. The highest BCUT2D eigenvalue weighted by molar-refractivity contribution is 8.77. The minimum Gasteiger partial charge on any atom is -0.508 e. The number of aryl methyl sites for hydroxylation is 1. The number of allylic oxidation sites excluding steroid dienone is 3. The first kappa shape index (κ1) is 58.5. The van der Waals surface area contributed by atoms with Crippen molar-refractivity contribution in [2.75, 3.05) is 24.7 Å². The van der Waals surface area contributed by atoms with Crippen LogP contribution in [-0.4, -0.2) is 83.3 Å². The van der Waals surface area contributed by atoms with Gasteiger partial charge in [0.05, 0.1) is 42.3 Å². The van der Waals surface area contributed by atoms with Crippen molar-refractivity contribution in [3.05, 3.63) is 171 Å². The number of benzene rings is 4. The number of H-pyrrole nitrogens is 1. The number of phenols is 2. The Morgan fingerprint density at radius 1 is 0.831 bits per heavy atom. The number of ether oxygens (including phenoxy) is 1. The molecule has 12 rings (SSSR count). The largest absolute Gasteiger partial charge is 0.508 e. The van der Waals surface area contributed by atoms with Gasteiger partial charge in [0, 0.05) is 76.9 Å². The van der Waals surface area contributed by atoms with Gasteiger partial charge in [-0.1, -0.05) is 128 Å². The van der Waals surface area contributed by atoms with Gasteiger partial charge in [0.1, 0.15) is 5.75 Å². The van der Waals surface area contributed by atoms with E-state index in [9.17, 15) is 35.1 Å². The zero-order valence-corrected chi connectivity index (χ0v) is 50.4. The summed E-state index contributed by atoms with van der Waals surface area (Å²) in [5, 5.41) is 60.0. The van der Waals surface area contributed by atoms with Gasteiger partial charge < -0.3 is 46.7 Å². The first-order chi connectivity index (χ1) is 40.1. The number of Topliss-reactive ketones (excluding diaryl/α,β-unsaturated/α-hetero) is 1. The summed E-state index contributed by atoms with van der Waals surface area (Å²) in [6, 6.07) is 25.3. The minimum atomic E-state index is -1.15. The molecular formula is C68H77N3O8S4. The summed E-state index contributed by atoms with van der Waals surface area (Å²) < 4.78 is 6.27. The van der Waals surface area contributed by atoms with Crippen LogP contribution in [0.25, 0.3) is 0 Å². The molecule has 83 heavy (non-hydrogen) atoms. The van der Waals surface area contributed by atoms with E-state index >= 15 is 0 Å². The van der Waals surface area contributed by atoms with Gasteiger partial charge in [-0.15, -0.1) is 0 Å². The molecule has 1 spiro atoms. The van der Waals surface area contributed by atoms with Crippen LogP contribution in [0, 0.1) is 52.8 Å². The Kier molecular flexibility index (Phi) is 17.3. The van der Waals surface area contributed by atoms with Crippen LogP contribution in [0.3, 0.4) is 0 Å². The fraction of sp³-hybridized carbons (Fsp3) is 0.471. The van der Waals surface area contributed by atoms with Crippen molar-refractivity contribution in [3.8, 4) is 29.1 Å². The van der Waals surface area contributed by atoms with Crippen molar-refractivity contribution in [2.24, 2.45) is 52.4 Å². The Morgan fingerprint density at radius 2 is 1.66 bits per heavy atom. The van der Waals surface area contributed by atoms with Crippen LogP contribution in [-0.2, 0) is 36.2 Å². The molecular weight excluding hydrogens is 1120 g/mol. The summed E-state index contributed by atoms with van der Waals surface area (Å²) in [4.78, 5) is 32.1. The quantitative estimate of drug-likeness (QED) is 0.0358. The van der Waals surface area contributed by atoms with Gasteiger partial charge in [0.25, 0.3) is 0 Å². The molecule has 0 saturated heterocycles. The third kappa shape index (κ3) is 12.0. The maximum Gasteiger partial charge on any atom is 0.165 e. The summed E-state index contributed by atoms with van der Waals surface area (Å²) in [5.41, 5.74) is 19.9. The maximum absolute atomic E-state index is 14.5. The Balaban J connectivity index is 0.941. The zero-order chi connectivity index (χ0) is 57.6. The molecule has 12 atom stereocenters. The fourth-order valence-electron chi connectivity index (χ4n) is 15.8. The average Bonchev–Trinajstić information content (AvgIpc) is 2.54. The normalized spacial score (nSPS) is 32.0. The third-order valence-electron chi connectivity index (χ3n) is 20.0. The minimum absolute atomic E-state index is 0.0109. The van der Waals surface area contributed by atoms with Crippen molar-refractivity contribution in [2.45, 2.75) is 131 Å². The van der Waals surface area contributed by atoms with Crippen LogP contribution < -0.4 is 16.2 Å². The number of aromatic hydroxyl groups is 2. The van der Waals surface area contributed by atoms with Gasteiger partial charge in [-0.3, -0.25) is 9.59 Å². The van der Waals surface area contributed by atoms with E-state index in [2.05, 4.69) is 65.4 Å². The highest BCUT2D eigenvalue weighted by Gasteiger charge is 2.60. The van der Waals surface area contributed by atoms with Gasteiger partial charge in [0.2, 0.25) is 0 Å². The molecule has 0 amide bonds. The van der Waals surface area contributed by atoms with Gasteiger partial charge in [-0.05, 0) is 175 Å². The van der Waals surface area contributed by atoms with Gasteiger partial charge >= 0.3 is 0 Å². The lowest BCUT2D eigenvalue weighted by Gasteiger charge is -2.46. The molecule has 15 heteroatoms. The monoisotopic (exact) mass is 1190 g/mol. The Bertz CT molecular complexity index is 3380. The molecule has 2 fully saturated rings. The van der Waals surface area contributed by atoms with Crippen molar-refractivity contribution in [1.82, 2.24) is 4.98 Å². The molecule has 7 aliphatic rings. The number of hydrogen-bond acceptors (Lipinski definition) is 14. The van der Waals surface area contributed by atoms with E-state index < -0.39 is 28.7 Å². The van der Waals surface area contributed by atoms with E-state index in [-0.39, 0.29) is 89.9 Å². The number of phenolic OH excluding ortho intramolecular Hbond substituents is 2. The molecule has 0 radical (unpaired) electrons. The van der Waals surface area contributed by atoms with E-state index in [0.717, 1.165) is 71.4 Å². The number of aromatic amines is 1. The lowest BCUT2D eigenvalue weighted by Crippen LogP contribution is -2.43.